The quantitative estimate of drug-likeness (QED) is 0.840. The molecule has 0 saturated heterocycles. The molecule has 0 aliphatic carbocycles. The number of aryl methyl sites for hydroxylation is 2. The van der Waals surface area contributed by atoms with Crippen molar-refractivity contribution in [3.63, 3.8) is 0 Å². The van der Waals surface area contributed by atoms with Gasteiger partial charge in [0.2, 0.25) is 5.91 Å². The summed E-state index contributed by atoms with van der Waals surface area (Å²) in [5.41, 5.74) is 2.25. The molecule has 1 amide bonds. The Kier molecular flexibility index (Phi) is 4.86. The Hall–Kier alpha value is -2.44. The van der Waals surface area contributed by atoms with E-state index < -0.39 is 0 Å². The lowest BCUT2D eigenvalue weighted by atomic mass is 10.1. The van der Waals surface area contributed by atoms with Crippen LogP contribution < -0.4 is 10.1 Å². The SMILES string of the molecule is Cc1ccc(OCCC(=O)NC(C)c2nn[nH]n2)c(C)c1. The molecule has 1 atom stereocenters. The van der Waals surface area contributed by atoms with E-state index >= 15 is 0 Å². The monoisotopic (exact) mass is 289 g/mol. The van der Waals surface area contributed by atoms with Gasteiger partial charge < -0.3 is 10.1 Å². The number of carbonyl (C=O) groups is 1. The maximum absolute atomic E-state index is 11.8. The highest BCUT2D eigenvalue weighted by Crippen LogP contribution is 2.18. The van der Waals surface area contributed by atoms with Crippen molar-refractivity contribution in [1.82, 2.24) is 25.9 Å². The van der Waals surface area contributed by atoms with Crippen molar-refractivity contribution in [1.29, 1.82) is 0 Å². The van der Waals surface area contributed by atoms with E-state index in [0.717, 1.165) is 11.3 Å². The molecule has 1 aromatic carbocycles. The Morgan fingerprint density at radius 1 is 1.43 bits per heavy atom. The van der Waals surface area contributed by atoms with Crippen molar-refractivity contribution in [3.8, 4) is 5.75 Å². The van der Waals surface area contributed by atoms with Crippen molar-refractivity contribution >= 4 is 5.91 Å². The number of ether oxygens (including phenoxy) is 1. The average molecular weight is 289 g/mol. The minimum atomic E-state index is -0.280. The number of carbonyl (C=O) groups excluding carboxylic acids is 1. The predicted molar refractivity (Wildman–Crippen MR) is 76.8 cm³/mol. The molecular formula is C14H19N5O2. The first kappa shape index (κ1) is 15.0. The van der Waals surface area contributed by atoms with Crippen molar-refractivity contribution in [2.45, 2.75) is 33.2 Å². The topological polar surface area (TPSA) is 92.8 Å². The number of tetrazole rings is 1. The molecule has 21 heavy (non-hydrogen) atoms. The molecule has 112 valence electrons. The van der Waals surface area contributed by atoms with Gasteiger partial charge in [0.05, 0.1) is 19.1 Å². The highest BCUT2D eigenvalue weighted by Gasteiger charge is 2.13. The third-order valence-corrected chi connectivity index (χ3v) is 3.04. The fraction of sp³-hybridized carbons (Fsp3) is 0.429. The third-order valence-electron chi connectivity index (χ3n) is 3.04. The van der Waals surface area contributed by atoms with Gasteiger partial charge in [0, 0.05) is 0 Å². The lowest BCUT2D eigenvalue weighted by molar-refractivity contribution is -0.122. The molecule has 0 aliphatic rings. The number of nitrogens with one attached hydrogen (secondary N) is 2. The van der Waals surface area contributed by atoms with Crippen LogP contribution >= 0.6 is 0 Å². The van der Waals surface area contributed by atoms with Crippen molar-refractivity contribution in [2.24, 2.45) is 0 Å². The molecule has 0 fully saturated rings. The molecule has 7 heteroatoms. The summed E-state index contributed by atoms with van der Waals surface area (Å²) >= 11 is 0. The van der Waals surface area contributed by atoms with E-state index in [9.17, 15) is 4.79 Å². The van der Waals surface area contributed by atoms with E-state index in [-0.39, 0.29) is 18.4 Å². The maximum atomic E-state index is 11.8. The van der Waals surface area contributed by atoms with Crippen molar-refractivity contribution < 1.29 is 9.53 Å². The number of benzene rings is 1. The number of aromatic nitrogens is 4. The summed E-state index contributed by atoms with van der Waals surface area (Å²) in [4.78, 5) is 11.8. The number of hydrogen-bond acceptors (Lipinski definition) is 5. The first-order valence-electron chi connectivity index (χ1n) is 6.79. The summed E-state index contributed by atoms with van der Waals surface area (Å²) in [5.74, 6) is 1.15. The zero-order valence-corrected chi connectivity index (χ0v) is 12.4. The maximum Gasteiger partial charge on any atom is 0.224 e. The van der Waals surface area contributed by atoms with Gasteiger partial charge in [-0.3, -0.25) is 4.79 Å². The standard InChI is InChI=1S/C14H19N5O2/c1-9-4-5-12(10(2)8-9)21-7-6-13(20)15-11(3)14-16-18-19-17-14/h4-5,8,11H,6-7H2,1-3H3,(H,15,20)(H,16,17,18,19). The van der Waals surface area contributed by atoms with Crippen LogP contribution in [0.2, 0.25) is 0 Å². The molecule has 2 N–H and O–H groups in total. The summed E-state index contributed by atoms with van der Waals surface area (Å²) < 4.78 is 5.62. The second-order valence-electron chi connectivity index (χ2n) is 4.93. The van der Waals surface area contributed by atoms with Crippen LogP contribution in [-0.2, 0) is 4.79 Å². The molecule has 0 radical (unpaired) electrons. The van der Waals surface area contributed by atoms with Crippen LogP contribution in [0.5, 0.6) is 5.75 Å². The number of hydrogen-bond donors (Lipinski definition) is 2. The van der Waals surface area contributed by atoms with Crippen LogP contribution in [0.4, 0.5) is 0 Å². The van der Waals surface area contributed by atoms with E-state index in [1.165, 1.54) is 5.56 Å². The molecule has 0 spiro atoms. The number of H-pyrrole nitrogens is 1. The van der Waals surface area contributed by atoms with Crippen LogP contribution in [-0.4, -0.2) is 33.1 Å². The number of rotatable bonds is 6. The van der Waals surface area contributed by atoms with Gasteiger partial charge in [0.1, 0.15) is 5.75 Å². The van der Waals surface area contributed by atoms with Crippen LogP contribution in [0.1, 0.15) is 36.3 Å². The first-order valence-corrected chi connectivity index (χ1v) is 6.79. The highest BCUT2D eigenvalue weighted by molar-refractivity contribution is 5.76. The summed E-state index contributed by atoms with van der Waals surface area (Å²) in [6.45, 7) is 6.15. The number of aromatic amines is 1. The highest BCUT2D eigenvalue weighted by atomic mass is 16.5. The van der Waals surface area contributed by atoms with Gasteiger partial charge in [-0.15, -0.1) is 10.2 Å². The first-order chi connectivity index (χ1) is 10.1. The van der Waals surface area contributed by atoms with Crippen LogP contribution in [0.3, 0.4) is 0 Å². The molecule has 0 aliphatic heterocycles. The molecule has 2 aromatic rings. The van der Waals surface area contributed by atoms with Gasteiger partial charge in [0.15, 0.2) is 5.82 Å². The average Bonchev–Trinajstić information content (AvgIpc) is 2.95. The summed E-state index contributed by atoms with van der Waals surface area (Å²) in [6, 6.07) is 5.68. The summed E-state index contributed by atoms with van der Waals surface area (Å²) in [6.07, 6.45) is 0.273. The van der Waals surface area contributed by atoms with Gasteiger partial charge in [-0.2, -0.15) is 5.21 Å². The molecule has 1 aromatic heterocycles. The molecule has 1 unspecified atom stereocenters. The predicted octanol–water partition coefficient (Wildman–Crippen LogP) is 1.46. The Bertz CT molecular complexity index is 597. The minimum absolute atomic E-state index is 0.114. The Labute approximate surface area is 123 Å². The molecule has 0 bridgehead atoms. The van der Waals surface area contributed by atoms with E-state index in [1.54, 1.807) is 6.92 Å². The molecule has 7 nitrogen and oxygen atoms in total. The normalized spacial score (nSPS) is 12.0. The minimum Gasteiger partial charge on any atom is -0.493 e. The zero-order valence-electron chi connectivity index (χ0n) is 12.4. The Balaban J connectivity index is 1.76. The van der Waals surface area contributed by atoms with Crippen molar-refractivity contribution in [3.05, 3.63) is 35.2 Å². The van der Waals surface area contributed by atoms with Gasteiger partial charge in [0.25, 0.3) is 0 Å². The fourth-order valence-electron chi connectivity index (χ4n) is 1.95. The lowest BCUT2D eigenvalue weighted by Crippen LogP contribution is -2.28. The van der Waals surface area contributed by atoms with E-state index in [4.69, 9.17) is 4.74 Å². The molecular weight excluding hydrogens is 270 g/mol. The van der Waals surface area contributed by atoms with Crippen LogP contribution in [0, 0.1) is 13.8 Å². The lowest BCUT2D eigenvalue weighted by Gasteiger charge is -2.12. The smallest absolute Gasteiger partial charge is 0.224 e. The molecule has 2 rings (SSSR count). The van der Waals surface area contributed by atoms with E-state index in [0.29, 0.717) is 12.4 Å². The van der Waals surface area contributed by atoms with Gasteiger partial charge in [-0.05, 0) is 32.4 Å². The Morgan fingerprint density at radius 3 is 2.90 bits per heavy atom. The number of nitrogens with zero attached hydrogens (tertiary/aromatic N) is 3. The van der Waals surface area contributed by atoms with Gasteiger partial charge >= 0.3 is 0 Å². The van der Waals surface area contributed by atoms with Gasteiger partial charge in [-0.1, -0.05) is 22.9 Å². The molecule has 0 saturated carbocycles. The van der Waals surface area contributed by atoms with Crippen LogP contribution in [0.25, 0.3) is 0 Å². The van der Waals surface area contributed by atoms with Gasteiger partial charge in [-0.25, -0.2) is 0 Å². The zero-order chi connectivity index (χ0) is 15.2. The molecule has 1 heterocycles. The largest absolute Gasteiger partial charge is 0.493 e. The second-order valence-corrected chi connectivity index (χ2v) is 4.93. The van der Waals surface area contributed by atoms with Crippen LogP contribution in [0.15, 0.2) is 18.2 Å². The fourth-order valence-corrected chi connectivity index (χ4v) is 1.95. The third kappa shape index (κ3) is 4.27. The summed E-state index contributed by atoms with van der Waals surface area (Å²) in [7, 11) is 0. The van der Waals surface area contributed by atoms with E-state index in [1.807, 2.05) is 32.0 Å². The van der Waals surface area contributed by atoms with E-state index in [2.05, 4.69) is 25.9 Å². The van der Waals surface area contributed by atoms with Crippen molar-refractivity contribution in [2.75, 3.05) is 6.61 Å². The summed E-state index contributed by atoms with van der Waals surface area (Å²) in [5, 5.41) is 16.2. The second kappa shape index (κ2) is 6.83. The number of amides is 1. The Morgan fingerprint density at radius 2 is 2.24 bits per heavy atom.